The van der Waals surface area contributed by atoms with Gasteiger partial charge in [-0.05, 0) is 18.4 Å². The average molecular weight is 194 g/mol. The molecule has 2 aromatic rings. The van der Waals surface area contributed by atoms with Crippen LogP contribution in [0.2, 0.25) is 0 Å². The third-order valence-corrected chi connectivity index (χ3v) is 2.51. The molecule has 2 aromatic heterocycles. The van der Waals surface area contributed by atoms with Gasteiger partial charge in [0, 0.05) is 5.39 Å². The zero-order valence-corrected chi connectivity index (χ0v) is 7.63. The second-order valence-electron chi connectivity index (χ2n) is 2.58. The van der Waals surface area contributed by atoms with Gasteiger partial charge in [0.25, 0.3) is 0 Å². The van der Waals surface area contributed by atoms with E-state index in [0.29, 0.717) is 5.69 Å². The number of hydrogen-bond acceptors (Lipinski definition) is 4. The number of aromatic carboxylic acids is 1. The normalized spacial score (nSPS) is 10.5. The molecule has 1 N–H and O–H groups in total. The van der Waals surface area contributed by atoms with Gasteiger partial charge in [0.05, 0.1) is 5.69 Å². The van der Waals surface area contributed by atoms with Crippen molar-refractivity contribution < 1.29 is 9.90 Å². The summed E-state index contributed by atoms with van der Waals surface area (Å²) < 4.78 is 0. The summed E-state index contributed by atoms with van der Waals surface area (Å²) in [4.78, 5) is 19.1. The van der Waals surface area contributed by atoms with Crippen molar-refractivity contribution in [2.75, 3.05) is 0 Å². The van der Waals surface area contributed by atoms with Crippen molar-refractivity contribution in [1.82, 2.24) is 9.97 Å². The Bertz CT molecular complexity index is 478. The molecular formula is C8H6N2O2S. The monoisotopic (exact) mass is 194 g/mol. The molecule has 0 radical (unpaired) electrons. The van der Waals surface area contributed by atoms with Crippen molar-refractivity contribution in [2.24, 2.45) is 0 Å². The summed E-state index contributed by atoms with van der Waals surface area (Å²) in [5.41, 5.74) is 0.712. The number of carboxylic acid groups (broad SMARTS) is 1. The number of carboxylic acids is 1. The summed E-state index contributed by atoms with van der Waals surface area (Å²) in [6.07, 6.45) is 0. The van der Waals surface area contributed by atoms with Crippen LogP contribution in [-0.2, 0) is 0 Å². The zero-order chi connectivity index (χ0) is 9.42. The van der Waals surface area contributed by atoms with Crippen LogP contribution in [0.4, 0.5) is 0 Å². The van der Waals surface area contributed by atoms with Crippen LogP contribution in [0.15, 0.2) is 11.4 Å². The number of hydrogen-bond donors (Lipinski definition) is 1. The van der Waals surface area contributed by atoms with Gasteiger partial charge in [-0.3, -0.25) is 0 Å². The van der Waals surface area contributed by atoms with Crippen LogP contribution >= 0.6 is 11.3 Å². The fourth-order valence-corrected chi connectivity index (χ4v) is 1.91. The Morgan fingerprint density at radius 1 is 1.54 bits per heavy atom. The van der Waals surface area contributed by atoms with Crippen molar-refractivity contribution in [1.29, 1.82) is 0 Å². The number of fused-ring (bicyclic) bond motifs is 1. The number of aryl methyl sites for hydroxylation is 1. The lowest BCUT2D eigenvalue weighted by molar-refractivity contribution is 0.0684. The molecule has 4 nitrogen and oxygen atoms in total. The van der Waals surface area contributed by atoms with Crippen molar-refractivity contribution in [3.05, 3.63) is 23.0 Å². The first kappa shape index (κ1) is 8.12. The fraction of sp³-hybridized carbons (Fsp3) is 0.125. The molecule has 0 atom stereocenters. The summed E-state index contributed by atoms with van der Waals surface area (Å²) in [5, 5.41) is 11.5. The molecule has 13 heavy (non-hydrogen) atoms. The number of aromatic nitrogens is 2. The summed E-state index contributed by atoms with van der Waals surface area (Å²) in [6, 6.07) is 1.89. The third-order valence-electron chi connectivity index (χ3n) is 1.71. The highest BCUT2D eigenvalue weighted by atomic mass is 32.1. The van der Waals surface area contributed by atoms with Crippen molar-refractivity contribution >= 4 is 27.5 Å². The Balaban J connectivity index is 2.77. The quantitative estimate of drug-likeness (QED) is 0.750. The molecule has 0 aliphatic rings. The Labute approximate surface area is 77.9 Å². The first-order valence-corrected chi connectivity index (χ1v) is 4.51. The van der Waals surface area contributed by atoms with Crippen LogP contribution in [0.1, 0.15) is 16.3 Å². The Morgan fingerprint density at radius 3 is 3.00 bits per heavy atom. The standard InChI is InChI=1S/C8H6N2O2S/c1-4-5-2-3-13-7(5)10-6(9-4)8(11)12/h2-3H,1H3,(H,11,12). The molecule has 2 heterocycles. The molecule has 0 saturated heterocycles. The second-order valence-corrected chi connectivity index (χ2v) is 3.47. The first-order valence-electron chi connectivity index (χ1n) is 3.63. The van der Waals surface area contributed by atoms with Crippen molar-refractivity contribution in [3.8, 4) is 0 Å². The molecule has 0 aliphatic carbocycles. The molecule has 0 spiro atoms. The molecule has 2 rings (SSSR count). The highest BCUT2D eigenvalue weighted by Gasteiger charge is 2.10. The van der Waals surface area contributed by atoms with Crippen molar-refractivity contribution in [2.45, 2.75) is 6.92 Å². The summed E-state index contributed by atoms with van der Waals surface area (Å²) >= 11 is 1.42. The lowest BCUT2D eigenvalue weighted by Gasteiger charge is -1.96. The lowest BCUT2D eigenvalue weighted by Crippen LogP contribution is -2.04. The van der Waals surface area contributed by atoms with Gasteiger partial charge in [0.2, 0.25) is 5.82 Å². The molecule has 0 unspecified atom stereocenters. The molecular weight excluding hydrogens is 188 g/mol. The van der Waals surface area contributed by atoms with E-state index in [2.05, 4.69) is 9.97 Å². The smallest absolute Gasteiger partial charge is 0.373 e. The van der Waals surface area contributed by atoms with E-state index >= 15 is 0 Å². The van der Waals surface area contributed by atoms with Gasteiger partial charge < -0.3 is 5.11 Å². The average Bonchev–Trinajstić information content (AvgIpc) is 2.51. The van der Waals surface area contributed by atoms with E-state index in [9.17, 15) is 4.79 Å². The van der Waals surface area contributed by atoms with Gasteiger partial charge in [-0.15, -0.1) is 11.3 Å². The van der Waals surface area contributed by atoms with Gasteiger partial charge in [-0.25, -0.2) is 14.8 Å². The second kappa shape index (κ2) is 2.77. The summed E-state index contributed by atoms with van der Waals surface area (Å²) in [7, 11) is 0. The summed E-state index contributed by atoms with van der Waals surface area (Å²) in [5.74, 6) is -1.22. The molecule has 0 bridgehead atoms. The van der Waals surface area contributed by atoms with Crippen LogP contribution in [0, 0.1) is 6.92 Å². The third kappa shape index (κ3) is 1.27. The van der Waals surface area contributed by atoms with Gasteiger partial charge in [0.15, 0.2) is 0 Å². The van der Waals surface area contributed by atoms with E-state index in [-0.39, 0.29) is 5.82 Å². The van der Waals surface area contributed by atoms with E-state index in [1.165, 1.54) is 11.3 Å². The molecule has 0 aromatic carbocycles. The predicted molar refractivity (Wildman–Crippen MR) is 49.1 cm³/mol. The van der Waals surface area contributed by atoms with E-state index in [1.54, 1.807) is 6.92 Å². The number of thiophene rings is 1. The van der Waals surface area contributed by atoms with Gasteiger partial charge >= 0.3 is 5.97 Å². The van der Waals surface area contributed by atoms with Gasteiger partial charge in [-0.2, -0.15) is 0 Å². The maximum absolute atomic E-state index is 10.6. The fourth-order valence-electron chi connectivity index (χ4n) is 1.10. The maximum Gasteiger partial charge on any atom is 0.373 e. The predicted octanol–water partition coefficient (Wildman–Crippen LogP) is 1.70. The van der Waals surface area contributed by atoms with Crippen LogP contribution in [0.25, 0.3) is 10.2 Å². The molecule has 66 valence electrons. The van der Waals surface area contributed by atoms with Gasteiger partial charge in [-0.1, -0.05) is 0 Å². The lowest BCUT2D eigenvalue weighted by atomic mass is 10.3. The topological polar surface area (TPSA) is 63.1 Å². The van der Waals surface area contributed by atoms with Gasteiger partial charge in [0.1, 0.15) is 4.83 Å². The zero-order valence-electron chi connectivity index (χ0n) is 6.81. The molecule has 0 amide bonds. The number of carbonyl (C=O) groups is 1. The Hall–Kier alpha value is -1.49. The van der Waals surface area contributed by atoms with Crippen LogP contribution in [0.5, 0.6) is 0 Å². The highest BCUT2D eigenvalue weighted by molar-refractivity contribution is 7.16. The van der Waals surface area contributed by atoms with E-state index in [1.807, 2.05) is 11.4 Å². The highest BCUT2D eigenvalue weighted by Crippen LogP contribution is 2.20. The van der Waals surface area contributed by atoms with Crippen LogP contribution in [0.3, 0.4) is 0 Å². The minimum absolute atomic E-state index is 0.132. The maximum atomic E-state index is 10.6. The largest absolute Gasteiger partial charge is 0.475 e. The van der Waals surface area contributed by atoms with Crippen molar-refractivity contribution in [3.63, 3.8) is 0 Å². The Morgan fingerprint density at radius 2 is 2.31 bits per heavy atom. The van der Waals surface area contributed by atoms with E-state index < -0.39 is 5.97 Å². The van der Waals surface area contributed by atoms with Crippen LogP contribution < -0.4 is 0 Å². The minimum atomic E-state index is -1.08. The molecule has 0 aliphatic heterocycles. The Kier molecular flexibility index (Phi) is 1.73. The van der Waals surface area contributed by atoms with E-state index in [4.69, 9.17) is 5.11 Å². The summed E-state index contributed by atoms with van der Waals surface area (Å²) in [6.45, 7) is 1.78. The minimum Gasteiger partial charge on any atom is -0.475 e. The SMILES string of the molecule is Cc1nc(C(=O)O)nc2sccc12. The number of rotatable bonds is 1. The molecule has 0 fully saturated rings. The molecule has 5 heteroatoms. The first-order chi connectivity index (χ1) is 6.18. The van der Waals surface area contributed by atoms with Crippen LogP contribution in [-0.4, -0.2) is 21.0 Å². The number of nitrogens with zero attached hydrogens (tertiary/aromatic N) is 2. The molecule has 0 saturated carbocycles. The van der Waals surface area contributed by atoms with E-state index in [0.717, 1.165) is 10.2 Å².